The highest BCUT2D eigenvalue weighted by Gasteiger charge is 2.39. The zero-order valence-electron chi connectivity index (χ0n) is 12.1. The van der Waals surface area contributed by atoms with Gasteiger partial charge in [-0.25, -0.2) is 0 Å². The number of nitrogens with zero attached hydrogens (tertiary/aromatic N) is 2. The van der Waals surface area contributed by atoms with E-state index in [1.807, 2.05) is 0 Å². The van der Waals surface area contributed by atoms with Crippen LogP contribution in [0.4, 0.5) is 18.9 Å². The van der Waals surface area contributed by atoms with Crippen molar-refractivity contribution in [3.63, 3.8) is 0 Å². The minimum atomic E-state index is -5.15. The van der Waals surface area contributed by atoms with Crippen molar-refractivity contribution in [1.82, 2.24) is 0 Å². The predicted molar refractivity (Wildman–Crippen MR) is 79.3 cm³/mol. The Labute approximate surface area is 139 Å². The number of benzene rings is 2. The quantitative estimate of drug-likeness (QED) is 0.455. The first-order valence-electron chi connectivity index (χ1n) is 6.41. The number of rotatable bonds is 5. The minimum Gasteiger partial charge on any atom is -0.264 e. The molecule has 2 aromatic carbocycles. The van der Waals surface area contributed by atoms with Crippen LogP contribution >= 0.6 is 0 Å². The van der Waals surface area contributed by atoms with Gasteiger partial charge in [-0.15, -0.1) is 0 Å². The van der Waals surface area contributed by atoms with Crippen molar-refractivity contribution in [2.45, 2.75) is 11.1 Å². The Hall–Kier alpha value is -2.95. The molecule has 2 rings (SSSR count). The number of hydrogen-bond donors (Lipinski definition) is 0. The van der Waals surface area contributed by atoms with Gasteiger partial charge in [-0.3, -0.25) is 14.4 Å². The summed E-state index contributed by atoms with van der Waals surface area (Å²) in [4.78, 5) is 8.24. The molecule has 0 fully saturated rings. The van der Waals surface area contributed by atoms with Gasteiger partial charge in [0.25, 0.3) is 5.69 Å². The van der Waals surface area contributed by atoms with Gasteiger partial charge in [-0.2, -0.15) is 21.6 Å². The first-order valence-corrected chi connectivity index (χ1v) is 7.82. The second-order valence-electron chi connectivity index (χ2n) is 4.53. The third-order valence-electron chi connectivity index (χ3n) is 2.83. The maximum absolute atomic E-state index is 13.0. The molecule has 0 heterocycles. The second-order valence-corrected chi connectivity index (χ2v) is 6.03. The highest BCUT2D eigenvalue weighted by Crippen LogP contribution is 2.37. The van der Waals surface area contributed by atoms with Crippen LogP contribution in [0.15, 0.2) is 58.6 Å². The summed E-state index contributed by atoms with van der Waals surface area (Å²) in [7, 11) is -4.96. The summed E-state index contributed by atoms with van der Waals surface area (Å²) in [5.41, 5.74) is -2.31. The molecule has 0 saturated carbocycles. The number of non-ortho nitro benzene ring substituents is 1. The molecule has 0 unspecified atom stereocenters. The first-order chi connectivity index (χ1) is 11.6. The lowest BCUT2D eigenvalue weighted by Gasteiger charge is -2.11. The average molecular weight is 373 g/mol. The van der Waals surface area contributed by atoms with E-state index in [-0.39, 0.29) is 6.07 Å². The Morgan fingerprint density at radius 3 is 2.32 bits per heavy atom. The van der Waals surface area contributed by atoms with E-state index >= 15 is 0 Å². The molecule has 7 nitrogen and oxygen atoms in total. The van der Waals surface area contributed by atoms with Crippen LogP contribution in [0.1, 0.15) is 11.1 Å². The van der Waals surface area contributed by atoms with Gasteiger partial charge in [0, 0.05) is 17.7 Å². The zero-order valence-corrected chi connectivity index (χ0v) is 12.9. The molecule has 0 aliphatic heterocycles. The normalized spacial score (nSPS) is 12.3. The van der Waals surface area contributed by atoms with Gasteiger partial charge in [0.1, 0.15) is 11.1 Å². The van der Waals surface area contributed by atoms with Gasteiger partial charge in [-0.05, 0) is 6.07 Å². The van der Waals surface area contributed by atoms with Crippen LogP contribution in [0.2, 0.25) is 0 Å². The first kappa shape index (κ1) is 18.4. The molecule has 0 bridgehead atoms. The van der Waals surface area contributed by atoms with E-state index in [1.165, 1.54) is 12.1 Å². The summed E-state index contributed by atoms with van der Waals surface area (Å²) in [6, 6.07) is 9.06. The number of nitro groups is 1. The lowest BCUT2D eigenvalue weighted by atomic mass is 10.2. The van der Waals surface area contributed by atoms with Crippen molar-refractivity contribution in [3.05, 3.63) is 69.8 Å². The number of halogens is 3. The van der Waals surface area contributed by atoms with Gasteiger partial charge in [-0.1, -0.05) is 35.5 Å². The van der Waals surface area contributed by atoms with Gasteiger partial charge >= 0.3 is 16.3 Å². The Bertz CT molecular complexity index is 912. The van der Waals surface area contributed by atoms with Gasteiger partial charge in [0.2, 0.25) is 0 Å². The van der Waals surface area contributed by atoms with Crippen molar-refractivity contribution in [3.8, 4) is 0 Å². The standard InChI is InChI=1S/C14H8F3N2O5S/c15-14(16,17)12-8-11(19(20)21)6-7-13(12)25(22,23)24-18-9-10-4-2-1-3-5-10/h1-8H. The van der Waals surface area contributed by atoms with Crippen molar-refractivity contribution in [2.24, 2.45) is 5.16 Å². The Balaban J connectivity index is 2.38. The summed E-state index contributed by atoms with van der Waals surface area (Å²) in [6.07, 6.45) is -2.96. The van der Waals surface area contributed by atoms with Gasteiger partial charge < -0.3 is 0 Å². The summed E-state index contributed by atoms with van der Waals surface area (Å²) in [5.74, 6) is 0. The van der Waals surface area contributed by atoms with Crippen molar-refractivity contribution in [1.29, 1.82) is 0 Å². The maximum atomic E-state index is 13.0. The number of hydrogen-bond acceptors (Lipinski definition) is 6. The third kappa shape index (κ3) is 4.53. The third-order valence-corrected chi connectivity index (χ3v) is 4.00. The molecule has 11 heteroatoms. The monoisotopic (exact) mass is 373 g/mol. The average Bonchev–Trinajstić information content (AvgIpc) is 2.54. The minimum absolute atomic E-state index is 0.112. The molecular formula is C14H8F3N2O5S. The van der Waals surface area contributed by atoms with Crippen molar-refractivity contribution < 1.29 is 30.8 Å². The molecule has 0 aliphatic rings. The van der Waals surface area contributed by atoms with Crippen LogP contribution < -0.4 is 0 Å². The highest BCUT2D eigenvalue weighted by molar-refractivity contribution is 7.86. The Kier molecular flexibility index (Phi) is 5.07. The molecule has 1 radical (unpaired) electrons. The molecule has 2 aromatic rings. The van der Waals surface area contributed by atoms with Gasteiger partial charge in [0.15, 0.2) is 0 Å². The fourth-order valence-corrected chi connectivity index (χ4v) is 2.64. The summed E-state index contributed by atoms with van der Waals surface area (Å²) >= 11 is 0. The summed E-state index contributed by atoms with van der Waals surface area (Å²) in [6.45, 7) is 0. The molecule has 0 atom stereocenters. The molecule has 25 heavy (non-hydrogen) atoms. The fourth-order valence-electron chi connectivity index (χ4n) is 1.74. The van der Waals surface area contributed by atoms with E-state index in [2.05, 4.69) is 15.7 Å². The van der Waals surface area contributed by atoms with Gasteiger partial charge in [0.05, 0.1) is 10.5 Å². The van der Waals surface area contributed by atoms with Crippen LogP contribution in [0, 0.1) is 10.1 Å². The van der Waals surface area contributed by atoms with Crippen molar-refractivity contribution in [2.75, 3.05) is 0 Å². The largest absolute Gasteiger partial charge is 0.418 e. The van der Waals surface area contributed by atoms with Crippen molar-refractivity contribution >= 4 is 22.0 Å². The van der Waals surface area contributed by atoms with E-state index < -0.39 is 37.4 Å². The van der Waals surface area contributed by atoms with E-state index in [4.69, 9.17) is 0 Å². The molecule has 0 aliphatic carbocycles. The molecule has 0 saturated heterocycles. The molecular weight excluding hydrogens is 365 g/mol. The molecule has 0 spiro atoms. The number of nitro benzene ring substituents is 1. The fraction of sp³-hybridized carbons (Fsp3) is 0.0714. The zero-order chi connectivity index (χ0) is 18.7. The lowest BCUT2D eigenvalue weighted by Crippen LogP contribution is -2.14. The lowest BCUT2D eigenvalue weighted by molar-refractivity contribution is -0.385. The Morgan fingerprint density at radius 2 is 1.76 bits per heavy atom. The SMILES string of the molecule is O=[N+]([O-])c1ccc(S(=O)(=O)O/N=[C]/c2ccccc2)c(C(F)(F)F)c1. The van der Waals surface area contributed by atoms with E-state index in [0.717, 1.165) is 0 Å². The summed E-state index contributed by atoms with van der Waals surface area (Å²) in [5, 5.41) is 13.6. The van der Waals surface area contributed by atoms with Crippen LogP contribution in [0.3, 0.4) is 0 Å². The molecule has 131 valence electrons. The van der Waals surface area contributed by atoms with Crippen LogP contribution in [0.25, 0.3) is 0 Å². The topological polar surface area (TPSA) is 98.9 Å². The molecule has 0 N–H and O–H groups in total. The van der Waals surface area contributed by atoms with E-state index in [1.54, 1.807) is 18.2 Å². The summed E-state index contributed by atoms with van der Waals surface area (Å²) < 4.78 is 67.1. The van der Waals surface area contributed by atoms with E-state index in [9.17, 15) is 31.7 Å². The predicted octanol–water partition coefficient (Wildman–Crippen LogP) is 3.23. The van der Waals surface area contributed by atoms with Crippen LogP contribution in [0.5, 0.6) is 0 Å². The molecule has 0 amide bonds. The van der Waals surface area contributed by atoms with E-state index in [0.29, 0.717) is 17.7 Å². The van der Waals surface area contributed by atoms with Crippen LogP contribution in [-0.4, -0.2) is 19.6 Å². The second kappa shape index (κ2) is 6.89. The maximum Gasteiger partial charge on any atom is 0.418 e. The molecule has 0 aromatic heterocycles. The number of alkyl halides is 3. The smallest absolute Gasteiger partial charge is 0.264 e. The highest BCUT2D eigenvalue weighted by atomic mass is 32.2. The Morgan fingerprint density at radius 1 is 1.12 bits per heavy atom. The van der Waals surface area contributed by atoms with Crippen LogP contribution in [-0.2, 0) is 20.6 Å².